The SMILES string of the molecule is CCCCC#Cc1cccc(Br)n1. The molecule has 0 fully saturated rings. The van der Waals surface area contributed by atoms with Crippen LogP contribution >= 0.6 is 15.9 Å². The van der Waals surface area contributed by atoms with Gasteiger partial charge in [0.1, 0.15) is 10.3 Å². The van der Waals surface area contributed by atoms with E-state index in [-0.39, 0.29) is 0 Å². The van der Waals surface area contributed by atoms with Crippen molar-refractivity contribution in [3.05, 3.63) is 28.5 Å². The van der Waals surface area contributed by atoms with Crippen LogP contribution in [0.25, 0.3) is 0 Å². The molecule has 0 aliphatic rings. The molecule has 2 heteroatoms. The summed E-state index contributed by atoms with van der Waals surface area (Å²) in [4.78, 5) is 4.21. The summed E-state index contributed by atoms with van der Waals surface area (Å²) in [6.45, 7) is 2.17. The van der Waals surface area contributed by atoms with Crippen LogP contribution in [0.2, 0.25) is 0 Å². The zero-order valence-electron chi connectivity index (χ0n) is 7.68. The summed E-state index contributed by atoms with van der Waals surface area (Å²) in [7, 11) is 0. The van der Waals surface area contributed by atoms with Gasteiger partial charge in [-0.05, 0) is 40.4 Å². The molecule has 1 heterocycles. The summed E-state index contributed by atoms with van der Waals surface area (Å²) in [6, 6.07) is 5.77. The van der Waals surface area contributed by atoms with E-state index >= 15 is 0 Å². The third-order valence-electron chi connectivity index (χ3n) is 1.59. The highest BCUT2D eigenvalue weighted by molar-refractivity contribution is 9.10. The quantitative estimate of drug-likeness (QED) is 0.437. The molecule has 1 rings (SSSR count). The first-order chi connectivity index (χ1) is 6.33. The fraction of sp³-hybridized carbons (Fsp3) is 0.364. The van der Waals surface area contributed by atoms with E-state index in [4.69, 9.17) is 0 Å². The van der Waals surface area contributed by atoms with Crippen LogP contribution < -0.4 is 0 Å². The van der Waals surface area contributed by atoms with Crippen molar-refractivity contribution in [2.45, 2.75) is 26.2 Å². The van der Waals surface area contributed by atoms with Crippen molar-refractivity contribution in [3.63, 3.8) is 0 Å². The lowest BCUT2D eigenvalue weighted by molar-refractivity contribution is 0.828. The average Bonchev–Trinajstić information content (AvgIpc) is 2.13. The lowest BCUT2D eigenvalue weighted by Crippen LogP contribution is -1.81. The van der Waals surface area contributed by atoms with E-state index in [1.807, 2.05) is 18.2 Å². The molecule has 0 radical (unpaired) electrons. The Balaban J connectivity index is 2.56. The van der Waals surface area contributed by atoms with Crippen molar-refractivity contribution in [2.24, 2.45) is 0 Å². The maximum atomic E-state index is 4.21. The molecule has 0 aromatic carbocycles. The number of pyridine rings is 1. The summed E-state index contributed by atoms with van der Waals surface area (Å²) < 4.78 is 0.842. The number of nitrogens with zero attached hydrogens (tertiary/aromatic N) is 1. The molecule has 68 valence electrons. The summed E-state index contributed by atoms with van der Waals surface area (Å²) in [6.07, 6.45) is 3.33. The van der Waals surface area contributed by atoms with Crippen molar-refractivity contribution in [1.82, 2.24) is 4.98 Å². The van der Waals surface area contributed by atoms with Crippen molar-refractivity contribution in [1.29, 1.82) is 0 Å². The van der Waals surface area contributed by atoms with E-state index < -0.39 is 0 Å². The zero-order valence-corrected chi connectivity index (χ0v) is 9.26. The molecular formula is C11H12BrN. The third kappa shape index (κ3) is 4.10. The molecule has 1 nitrogen and oxygen atoms in total. The molecule has 0 aliphatic heterocycles. The summed E-state index contributed by atoms with van der Waals surface area (Å²) in [5, 5.41) is 0. The van der Waals surface area contributed by atoms with Gasteiger partial charge < -0.3 is 0 Å². The van der Waals surface area contributed by atoms with E-state index in [0.29, 0.717) is 0 Å². The highest BCUT2D eigenvalue weighted by Crippen LogP contribution is 2.05. The fourth-order valence-corrected chi connectivity index (χ4v) is 1.24. The topological polar surface area (TPSA) is 12.9 Å². The number of halogens is 1. The Labute approximate surface area is 87.7 Å². The van der Waals surface area contributed by atoms with Crippen LogP contribution in [0, 0.1) is 11.8 Å². The van der Waals surface area contributed by atoms with Crippen molar-refractivity contribution in [2.75, 3.05) is 0 Å². The second-order valence-corrected chi connectivity index (χ2v) is 3.56. The summed E-state index contributed by atoms with van der Waals surface area (Å²) in [5.74, 6) is 6.13. The van der Waals surface area contributed by atoms with Crippen molar-refractivity contribution < 1.29 is 0 Å². The smallest absolute Gasteiger partial charge is 0.114 e. The van der Waals surface area contributed by atoms with Gasteiger partial charge in [0.05, 0.1) is 0 Å². The predicted octanol–water partition coefficient (Wildman–Crippen LogP) is 3.39. The maximum Gasteiger partial charge on any atom is 0.114 e. The largest absolute Gasteiger partial charge is 0.232 e. The Kier molecular flexibility index (Phi) is 4.56. The molecule has 0 saturated carbocycles. The van der Waals surface area contributed by atoms with E-state index in [0.717, 1.165) is 16.7 Å². The Morgan fingerprint density at radius 2 is 2.31 bits per heavy atom. The van der Waals surface area contributed by atoms with Crippen LogP contribution in [-0.4, -0.2) is 4.98 Å². The van der Waals surface area contributed by atoms with Gasteiger partial charge in [-0.25, -0.2) is 4.98 Å². The fourth-order valence-electron chi connectivity index (χ4n) is 0.896. The van der Waals surface area contributed by atoms with Crippen LogP contribution in [0.15, 0.2) is 22.8 Å². The molecule has 1 aromatic rings. The lowest BCUT2D eigenvalue weighted by Gasteiger charge is -1.90. The van der Waals surface area contributed by atoms with Gasteiger partial charge in [0.2, 0.25) is 0 Å². The monoisotopic (exact) mass is 237 g/mol. The second kappa shape index (κ2) is 5.77. The molecule has 0 N–H and O–H groups in total. The standard InChI is InChI=1S/C11H12BrN/c1-2-3-4-5-7-10-8-6-9-11(12)13-10/h6,8-9H,2-4H2,1H3. The van der Waals surface area contributed by atoms with Gasteiger partial charge >= 0.3 is 0 Å². The zero-order chi connectivity index (χ0) is 9.52. The van der Waals surface area contributed by atoms with E-state index in [1.54, 1.807) is 0 Å². The van der Waals surface area contributed by atoms with E-state index in [1.165, 1.54) is 12.8 Å². The molecule has 1 aromatic heterocycles. The first-order valence-corrected chi connectivity index (χ1v) is 5.23. The van der Waals surface area contributed by atoms with Crippen LogP contribution in [-0.2, 0) is 0 Å². The predicted molar refractivity (Wildman–Crippen MR) is 58.3 cm³/mol. The highest BCUT2D eigenvalue weighted by atomic mass is 79.9. The van der Waals surface area contributed by atoms with E-state index in [2.05, 4.69) is 39.7 Å². The molecule has 0 amide bonds. The summed E-state index contributed by atoms with van der Waals surface area (Å²) >= 11 is 3.31. The molecule has 0 atom stereocenters. The van der Waals surface area contributed by atoms with Crippen LogP contribution in [0.3, 0.4) is 0 Å². The molecule has 0 saturated heterocycles. The minimum absolute atomic E-state index is 0.838. The first-order valence-electron chi connectivity index (χ1n) is 4.44. The molecule has 0 aliphatic carbocycles. The normalized spacial score (nSPS) is 9.08. The molecular weight excluding hydrogens is 226 g/mol. The Hall–Kier alpha value is -0.810. The Bertz CT molecular complexity index is 322. The highest BCUT2D eigenvalue weighted by Gasteiger charge is 1.88. The second-order valence-electron chi connectivity index (χ2n) is 2.75. The van der Waals surface area contributed by atoms with Gasteiger partial charge in [-0.2, -0.15) is 0 Å². The van der Waals surface area contributed by atoms with E-state index in [9.17, 15) is 0 Å². The number of rotatable bonds is 2. The Morgan fingerprint density at radius 1 is 1.46 bits per heavy atom. The summed E-state index contributed by atoms with van der Waals surface area (Å²) in [5.41, 5.74) is 0.838. The Morgan fingerprint density at radius 3 is 3.00 bits per heavy atom. The number of unbranched alkanes of at least 4 members (excludes halogenated alkanes) is 2. The minimum Gasteiger partial charge on any atom is -0.232 e. The van der Waals surface area contributed by atoms with Crippen LogP contribution in [0.1, 0.15) is 31.9 Å². The van der Waals surface area contributed by atoms with Gasteiger partial charge in [-0.3, -0.25) is 0 Å². The molecule has 13 heavy (non-hydrogen) atoms. The third-order valence-corrected chi connectivity index (χ3v) is 2.03. The number of hydrogen-bond acceptors (Lipinski definition) is 1. The van der Waals surface area contributed by atoms with Crippen LogP contribution in [0.4, 0.5) is 0 Å². The van der Waals surface area contributed by atoms with Gasteiger partial charge in [-0.1, -0.05) is 25.3 Å². The minimum atomic E-state index is 0.838. The van der Waals surface area contributed by atoms with Crippen molar-refractivity contribution in [3.8, 4) is 11.8 Å². The molecule has 0 unspecified atom stereocenters. The van der Waals surface area contributed by atoms with Gasteiger partial charge in [0.15, 0.2) is 0 Å². The van der Waals surface area contributed by atoms with Gasteiger partial charge in [0.25, 0.3) is 0 Å². The van der Waals surface area contributed by atoms with Gasteiger partial charge in [-0.15, -0.1) is 0 Å². The van der Waals surface area contributed by atoms with Crippen molar-refractivity contribution >= 4 is 15.9 Å². The number of aromatic nitrogens is 1. The number of hydrogen-bond donors (Lipinski definition) is 0. The maximum absolute atomic E-state index is 4.21. The van der Waals surface area contributed by atoms with Gasteiger partial charge in [0, 0.05) is 6.42 Å². The van der Waals surface area contributed by atoms with Crippen LogP contribution in [0.5, 0.6) is 0 Å². The first kappa shape index (κ1) is 10.3. The molecule has 0 spiro atoms. The lowest BCUT2D eigenvalue weighted by atomic mass is 10.2. The average molecular weight is 238 g/mol. The molecule has 0 bridgehead atoms.